The van der Waals surface area contributed by atoms with Crippen LogP contribution in [0.15, 0.2) is 29.2 Å². The van der Waals surface area contributed by atoms with Crippen LogP contribution < -0.4 is 4.72 Å². The number of nitrogens with one attached hydrogen (secondary N) is 1. The summed E-state index contributed by atoms with van der Waals surface area (Å²) < 4.78 is 47.5. The first-order valence-electron chi connectivity index (χ1n) is 6.25. The second kappa shape index (κ2) is 7.40. The van der Waals surface area contributed by atoms with Crippen LogP contribution in [0.25, 0.3) is 0 Å². The van der Waals surface area contributed by atoms with E-state index in [-0.39, 0.29) is 10.6 Å². The van der Waals surface area contributed by atoms with Crippen LogP contribution in [0.1, 0.15) is 25.3 Å². The maximum atomic E-state index is 11.4. The van der Waals surface area contributed by atoms with E-state index in [1.165, 1.54) is 12.1 Å². The summed E-state index contributed by atoms with van der Waals surface area (Å²) in [6.45, 7) is 2.18. The zero-order valence-electron chi connectivity index (χ0n) is 11.2. The molecule has 5 nitrogen and oxygen atoms in total. The fraction of sp³-hybridized carbons (Fsp3) is 0.500. The summed E-state index contributed by atoms with van der Waals surface area (Å²) in [5, 5.41) is 0. The van der Waals surface area contributed by atoms with Gasteiger partial charge in [0.25, 0.3) is 9.05 Å². The lowest BCUT2D eigenvalue weighted by atomic mass is 10.1. The summed E-state index contributed by atoms with van der Waals surface area (Å²) in [4.78, 5) is 0.0616. The van der Waals surface area contributed by atoms with Crippen molar-refractivity contribution in [2.24, 2.45) is 0 Å². The van der Waals surface area contributed by atoms with Crippen molar-refractivity contribution in [1.29, 1.82) is 0 Å². The molecule has 0 radical (unpaired) electrons. The van der Waals surface area contributed by atoms with Gasteiger partial charge in [0.2, 0.25) is 10.0 Å². The van der Waals surface area contributed by atoms with Gasteiger partial charge in [-0.3, -0.25) is 0 Å². The molecule has 1 aromatic carbocycles. The van der Waals surface area contributed by atoms with Crippen molar-refractivity contribution >= 4 is 29.8 Å². The Kier molecular flexibility index (Phi) is 6.44. The monoisotopic (exact) mass is 339 g/mol. The fourth-order valence-corrected chi connectivity index (χ4v) is 3.59. The van der Waals surface area contributed by atoms with E-state index in [2.05, 4.69) is 4.72 Å². The minimum atomic E-state index is -3.69. The first-order valence-corrected chi connectivity index (χ1v) is 10.2. The van der Waals surface area contributed by atoms with Crippen LogP contribution in [0.5, 0.6) is 0 Å². The Morgan fingerprint density at radius 2 is 1.70 bits per heavy atom. The average molecular weight is 340 g/mol. The zero-order chi connectivity index (χ0) is 15.2. The highest BCUT2D eigenvalue weighted by molar-refractivity contribution is 8.13. The molecule has 0 heterocycles. The van der Waals surface area contributed by atoms with Crippen molar-refractivity contribution in [3.05, 3.63) is 29.8 Å². The lowest BCUT2D eigenvalue weighted by Crippen LogP contribution is -2.27. The molecule has 0 aromatic heterocycles. The van der Waals surface area contributed by atoms with Crippen LogP contribution in [0, 0.1) is 0 Å². The third-order valence-electron chi connectivity index (χ3n) is 2.64. The van der Waals surface area contributed by atoms with Gasteiger partial charge in [-0.05, 0) is 37.0 Å². The maximum absolute atomic E-state index is 11.4. The van der Waals surface area contributed by atoms with Crippen molar-refractivity contribution in [3.8, 4) is 0 Å². The molecule has 1 N–H and O–H groups in total. The Balaban J connectivity index is 2.44. The zero-order valence-corrected chi connectivity index (χ0v) is 13.6. The topological polar surface area (TPSA) is 80.3 Å². The molecular formula is C12H18ClNO4S2. The van der Waals surface area contributed by atoms with E-state index in [0.717, 1.165) is 5.56 Å². The number of benzene rings is 1. The van der Waals surface area contributed by atoms with Gasteiger partial charge < -0.3 is 0 Å². The van der Waals surface area contributed by atoms with Crippen molar-refractivity contribution in [1.82, 2.24) is 4.72 Å². The van der Waals surface area contributed by atoms with E-state index in [9.17, 15) is 16.8 Å². The van der Waals surface area contributed by atoms with Gasteiger partial charge in [-0.25, -0.2) is 21.6 Å². The summed E-state index contributed by atoms with van der Waals surface area (Å²) in [5.74, 6) is 0.134. The Labute approximate surface area is 124 Å². The first-order chi connectivity index (χ1) is 9.24. The van der Waals surface area contributed by atoms with Crippen LogP contribution in [-0.2, 0) is 25.5 Å². The van der Waals surface area contributed by atoms with Crippen LogP contribution in [-0.4, -0.2) is 29.1 Å². The number of halogens is 1. The summed E-state index contributed by atoms with van der Waals surface area (Å²) in [7, 11) is -1.64. The third-order valence-corrected chi connectivity index (χ3v) is 5.60. The second-order valence-corrected chi connectivity index (χ2v) is 8.89. The molecular weight excluding hydrogens is 322 g/mol. The molecule has 0 spiro atoms. The van der Waals surface area contributed by atoms with E-state index >= 15 is 0 Å². The Bertz CT molecular complexity index is 624. The summed E-state index contributed by atoms with van der Waals surface area (Å²) >= 11 is 0. The van der Waals surface area contributed by atoms with Gasteiger partial charge in [0.15, 0.2) is 0 Å². The molecule has 1 rings (SSSR count). The lowest BCUT2D eigenvalue weighted by Gasteiger charge is -2.06. The quantitative estimate of drug-likeness (QED) is 0.579. The van der Waals surface area contributed by atoms with Gasteiger partial charge in [0.1, 0.15) is 0 Å². The van der Waals surface area contributed by atoms with E-state index in [4.69, 9.17) is 10.7 Å². The van der Waals surface area contributed by atoms with Gasteiger partial charge in [-0.15, -0.1) is 0 Å². The minimum absolute atomic E-state index is 0.0616. The molecule has 0 aliphatic rings. The van der Waals surface area contributed by atoms with Gasteiger partial charge in [-0.1, -0.05) is 19.1 Å². The minimum Gasteiger partial charge on any atom is -0.215 e. The van der Waals surface area contributed by atoms with Crippen molar-refractivity contribution in [2.75, 3.05) is 12.3 Å². The van der Waals surface area contributed by atoms with Crippen LogP contribution >= 0.6 is 10.7 Å². The highest BCUT2D eigenvalue weighted by Gasteiger charge is 2.09. The van der Waals surface area contributed by atoms with E-state index in [1.807, 2.05) is 6.92 Å². The molecule has 0 aliphatic heterocycles. The number of sulfonamides is 1. The Morgan fingerprint density at radius 3 is 2.20 bits per heavy atom. The van der Waals surface area contributed by atoms with Gasteiger partial charge in [0.05, 0.1) is 10.6 Å². The molecule has 0 aliphatic carbocycles. The van der Waals surface area contributed by atoms with Gasteiger partial charge in [0, 0.05) is 17.2 Å². The first kappa shape index (κ1) is 17.4. The van der Waals surface area contributed by atoms with Crippen LogP contribution in [0.3, 0.4) is 0 Å². The lowest BCUT2D eigenvalue weighted by molar-refractivity contribution is 0.577. The van der Waals surface area contributed by atoms with E-state index in [0.29, 0.717) is 25.8 Å². The van der Waals surface area contributed by atoms with Gasteiger partial charge in [-0.2, -0.15) is 0 Å². The van der Waals surface area contributed by atoms with Crippen molar-refractivity contribution in [3.63, 3.8) is 0 Å². The molecule has 0 fully saturated rings. The van der Waals surface area contributed by atoms with Crippen molar-refractivity contribution in [2.45, 2.75) is 31.1 Å². The molecule has 0 atom stereocenters. The normalized spacial score (nSPS) is 12.5. The molecule has 0 bridgehead atoms. The molecule has 8 heteroatoms. The summed E-state index contributed by atoms with van der Waals surface area (Å²) in [6.07, 6.45) is 1.90. The Hall–Kier alpha value is -0.630. The van der Waals surface area contributed by atoms with Crippen LogP contribution in [0.2, 0.25) is 0 Å². The fourth-order valence-electron chi connectivity index (χ4n) is 1.68. The molecule has 114 valence electrons. The van der Waals surface area contributed by atoms with Crippen molar-refractivity contribution < 1.29 is 16.8 Å². The SMILES string of the molecule is CCCS(=O)(=O)NCCCc1ccc(S(=O)(=O)Cl)cc1. The van der Waals surface area contributed by atoms with E-state index < -0.39 is 19.1 Å². The highest BCUT2D eigenvalue weighted by Crippen LogP contribution is 2.15. The molecule has 0 amide bonds. The average Bonchev–Trinajstić information content (AvgIpc) is 2.34. The predicted octanol–water partition coefficient (Wildman–Crippen LogP) is 1.88. The molecule has 0 unspecified atom stereocenters. The summed E-state index contributed by atoms with van der Waals surface area (Å²) in [6, 6.07) is 6.24. The largest absolute Gasteiger partial charge is 0.261 e. The van der Waals surface area contributed by atoms with Crippen LogP contribution in [0.4, 0.5) is 0 Å². The number of aryl methyl sites for hydroxylation is 1. The number of hydrogen-bond donors (Lipinski definition) is 1. The molecule has 0 saturated heterocycles. The smallest absolute Gasteiger partial charge is 0.215 e. The molecule has 20 heavy (non-hydrogen) atoms. The second-order valence-electron chi connectivity index (χ2n) is 4.40. The number of hydrogen-bond acceptors (Lipinski definition) is 4. The highest BCUT2D eigenvalue weighted by atomic mass is 35.7. The van der Waals surface area contributed by atoms with Gasteiger partial charge >= 0.3 is 0 Å². The standard InChI is InChI=1S/C12H18ClNO4S2/c1-2-10-19(15,16)14-9-3-4-11-5-7-12(8-6-11)20(13,17)18/h5-8,14H,2-4,9-10H2,1H3. The van der Waals surface area contributed by atoms with E-state index in [1.54, 1.807) is 12.1 Å². The molecule has 1 aromatic rings. The molecule has 0 saturated carbocycles. The predicted molar refractivity (Wildman–Crippen MR) is 79.9 cm³/mol. The third kappa shape index (κ3) is 6.21. The Morgan fingerprint density at radius 1 is 1.10 bits per heavy atom. The summed E-state index contributed by atoms with van der Waals surface area (Å²) in [5.41, 5.74) is 0.934. The number of rotatable bonds is 8. The maximum Gasteiger partial charge on any atom is 0.261 e.